The predicted molar refractivity (Wildman–Crippen MR) is 144 cm³/mol. The zero-order valence-electron chi connectivity index (χ0n) is 21.2. The summed E-state index contributed by atoms with van der Waals surface area (Å²) in [6, 6.07) is 14.0. The van der Waals surface area contributed by atoms with Crippen molar-refractivity contribution in [3.05, 3.63) is 64.7 Å². The second-order valence-electron chi connectivity index (χ2n) is 9.55. The Labute approximate surface area is 219 Å². The standard InChI is InChI=1S/C27H36ClN3O4S/c1-20-14-16-24(17-15-20)31(36(3,34)35)18-8-13-26(32)30(19-22-9-4-7-12-25(22)28)21(2)27(33)29-23-10-5-6-11-23/h4,7,9,12,14-17,21,23H,5-6,8,10-11,13,18-19H2,1-3H3,(H,29,33)/t21-/m0/s1. The van der Waals surface area contributed by atoms with E-state index in [2.05, 4.69) is 5.32 Å². The summed E-state index contributed by atoms with van der Waals surface area (Å²) in [6.07, 6.45) is 5.68. The van der Waals surface area contributed by atoms with E-state index in [9.17, 15) is 18.0 Å². The summed E-state index contributed by atoms with van der Waals surface area (Å²) in [6.45, 7) is 4.03. The summed E-state index contributed by atoms with van der Waals surface area (Å²) < 4.78 is 26.2. The fourth-order valence-corrected chi connectivity index (χ4v) is 5.66. The lowest BCUT2D eigenvalue weighted by molar-refractivity contribution is -0.140. The van der Waals surface area contributed by atoms with Crippen LogP contribution in [0.1, 0.15) is 56.6 Å². The molecule has 2 aromatic carbocycles. The van der Waals surface area contributed by atoms with Crippen LogP contribution in [0.3, 0.4) is 0 Å². The number of benzene rings is 2. The molecule has 0 spiro atoms. The topological polar surface area (TPSA) is 86.8 Å². The summed E-state index contributed by atoms with van der Waals surface area (Å²) in [5, 5.41) is 3.61. The van der Waals surface area contributed by atoms with E-state index in [-0.39, 0.29) is 37.4 Å². The van der Waals surface area contributed by atoms with Crippen LogP contribution in [0, 0.1) is 6.92 Å². The Morgan fingerprint density at radius 1 is 1.08 bits per heavy atom. The molecule has 0 unspecified atom stereocenters. The van der Waals surface area contributed by atoms with Crippen LogP contribution >= 0.6 is 11.6 Å². The number of hydrogen-bond donors (Lipinski definition) is 1. The molecular weight excluding hydrogens is 498 g/mol. The van der Waals surface area contributed by atoms with Gasteiger partial charge in [-0.05, 0) is 56.9 Å². The maximum atomic E-state index is 13.4. The first kappa shape index (κ1) is 28.0. The SMILES string of the molecule is Cc1ccc(N(CCCC(=O)N(Cc2ccccc2Cl)[C@@H](C)C(=O)NC2CCCC2)S(C)(=O)=O)cc1. The molecule has 0 radical (unpaired) electrons. The maximum Gasteiger partial charge on any atom is 0.242 e. The molecule has 9 heteroatoms. The second-order valence-corrected chi connectivity index (χ2v) is 11.9. The number of amides is 2. The van der Waals surface area contributed by atoms with Crippen molar-refractivity contribution < 1.29 is 18.0 Å². The molecule has 0 heterocycles. The number of halogens is 1. The van der Waals surface area contributed by atoms with E-state index in [0.717, 1.165) is 43.1 Å². The number of aryl methyl sites for hydroxylation is 1. The fourth-order valence-electron chi connectivity index (χ4n) is 4.50. The maximum absolute atomic E-state index is 13.4. The van der Waals surface area contributed by atoms with E-state index >= 15 is 0 Å². The molecule has 1 N–H and O–H groups in total. The van der Waals surface area contributed by atoms with Crippen molar-refractivity contribution in [3.63, 3.8) is 0 Å². The first-order valence-electron chi connectivity index (χ1n) is 12.4. The van der Waals surface area contributed by atoms with E-state index in [0.29, 0.717) is 17.1 Å². The van der Waals surface area contributed by atoms with Crippen LogP contribution in [0.25, 0.3) is 0 Å². The molecule has 0 aromatic heterocycles. The third kappa shape index (κ3) is 7.71. The fraction of sp³-hybridized carbons (Fsp3) is 0.481. The molecule has 196 valence electrons. The lowest BCUT2D eigenvalue weighted by Crippen LogP contribution is -2.49. The average molecular weight is 534 g/mol. The van der Waals surface area contributed by atoms with E-state index in [1.54, 1.807) is 30.0 Å². The van der Waals surface area contributed by atoms with Gasteiger partial charge in [0, 0.05) is 30.6 Å². The van der Waals surface area contributed by atoms with Crippen molar-refractivity contribution in [1.29, 1.82) is 0 Å². The molecule has 1 aliphatic carbocycles. The zero-order valence-corrected chi connectivity index (χ0v) is 22.8. The Hall–Kier alpha value is -2.58. The van der Waals surface area contributed by atoms with Crippen molar-refractivity contribution in [2.75, 3.05) is 17.1 Å². The van der Waals surface area contributed by atoms with Crippen molar-refractivity contribution >= 4 is 39.1 Å². The number of carbonyl (C=O) groups is 2. The van der Waals surface area contributed by atoms with Gasteiger partial charge in [-0.3, -0.25) is 13.9 Å². The Balaban J connectivity index is 1.72. The van der Waals surface area contributed by atoms with Gasteiger partial charge in [-0.15, -0.1) is 0 Å². The van der Waals surface area contributed by atoms with Gasteiger partial charge in [0.2, 0.25) is 21.8 Å². The van der Waals surface area contributed by atoms with Crippen molar-refractivity contribution in [1.82, 2.24) is 10.2 Å². The molecule has 7 nitrogen and oxygen atoms in total. The molecule has 0 bridgehead atoms. The Morgan fingerprint density at radius 3 is 2.33 bits per heavy atom. The Kier molecular flexibility index (Phi) is 9.79. The molecule has 0 saturated heterocycles. The lowest BCUT2D eigenvalue weighted by atomic mass is 10.1. The summed E-state index contributed by atoms with van der Waals surface area (Å²) in [5.74, 6) is -0.402. The highest BCUT2D eigenvalue weighted by Crippen LogP contribution is 2.22. The Bertz CT molecular complexity index is 1150. The van der Waals surface area contributed by atoms with Crippen LogP contribution in [-0.4, -0.2) is 50.0 Å². The molecule has 2 amide bonds. The predicted octanol–water partition coefficient (Wildman–Crippen LogP) is 4.67. The van der Waals surface area contributed by atoms with Crippen LogP contribution in [0.2, 0.25) is 5.02 Å². The second kappa shape index (κ2) is 12.6. The number of nitrogens with zero attached hydrogens (tertiary/aromatic N) is 2. The minimum absolute atomic E-state index is 0.101. The third-order valence-corrected chi connectivity index (χ3v) is 8.20. The van der Waals surface area contributed by atoms with Crippen LogP contribution in [0.4, 0.5) is 5.69 Å². The first-order valence-corrected chi connectivity index (χ1v) is 14.7. The molecule has 2 aromatic rings. The van der Waals surface area contributed by atoms with Gasteiger partial charge >= 0.3 is 0 Å². The number of anilines is 1. The van der Waals surface area contributed by atoms with Gasteiger partial charge in [0.1, 0.15) is 6.04 Å². The van der Waals surface area contributed by atoms with Crippen LogP contribution < -0.4 is 9.62 Å². The Morgan fingerprint density at radius 2 is 1.72 bits per heavy atom. The summed E-state index contributed by atoms with van der Waals surface area (Å²) in [4.78, 5) is 28.0. The third-order valence-electron chi connectivity index (χ3n) is 6.64. The van der Waals surface area contributed by atoms with Crippen molar-refractivity contribution in [2.24, 2.45) is 0 Å². The van der Waals surface area contributed by atoms with Gasteiger partial charge in [-0.25, -0.2) is 8.42 Å². The molecule has 3 rings (SSSR count). The van der Waals surface area contributed by atoms with E-state index in [4.69, 9.17) is 11.6 Å². The van der Waals surface area contributed by atoms with E-state index in [1.165, 1.54) is 4.31 Å². The largest absolute Gasteiger partial charge is 0.352 e. The number of rotatable bonds is 11. The number of hydrogen-bond acceptors (Lipinski definition) is 4. The summed E-state index contributed by atoms with van der Waals surface area (Å²) in [7, 11) is -3.52. The van der Waals surface area contributed by atoms with Gasteiger partial charge in [0.05, 0.1) is 11.9 Å². The molecule has 1 aliphatic rings. The smallest absolute Gasteiger partial charge is 0.242 e. The van der Waals surface area contributed by atoms with Gasteiger partial charge in [0.15, 0.2) is 0 Å². The van der Waals surface area contributed by atoms with Crippen molar-refractivity contribution in [2.45, 2.75) is 71.0 Å². The highest BCUT2D eigenvalue weighted by Gasteiger charge is 2.29. The first-order chi connectivity index (χ1) is 17.1. The van der Waals surface area contributed by atoms with E-state index in [1.807, 2.05) is 37.3 Å². The molecule has 36 heavy (non-hydrogen) atoms. The highest BCUT2D eigenvalue weighted by molar-refractivity contribution is 7.92. The minimum Gasteiger partial charge on any atom is -0.352 e. The number of sulfonamides is 1. The number of nitrogens with one attached hydrogen (secondary N) is 1. The van der Waals surface area contributed by atoms with Crippen LogP contribution in [-0.2, 0) is 26.2 Å². The highest BCUT2D eigenvalue weighted by atomic mass is 35.5. The van der Waals surface area contributed by atoms with Gasteiger partial charge in [0.25, 0.3) is 0 Å². The van der Waals surface area contributed by atoms with Crippen LogP contribution in [0.5, 0.6) is 0 Å². The van der Waals surface area contributed by atoms with Gasteiger partial charge < -0.3 is 10.2 Å². The van der Waals surface area contributed by atoms with Crippen molar-refractivity contribution in [3.8, 4) is 0 Å². The molecule has 1 fully saturated rings. The molecular formula is C27H36ClN3O4S. The lowest BCUT2D eigenvalue weighted by Gasteiger charge is -2.30. The van der Waals surface area contributed by atoms with E-state index < -0.39 is 16.1 Å². The molecule has 1 atom stereocenters. The monoisotopic (exact) mass is 533 g/mol. The van der Waals surface area contributed by atoms with Gasteiger partial charge in [-0.1, -0.05) is 60.3 Å². The van der Waals surface area contributed by atoms with Gasteiger partial charge in [-0.2, -0.15) is 0 Å². The normalized spacial score (nSPS) is 14.9. The molecule has 0 aliphatic heterocycles. The average Bonchev–Trinajstić information content (AvgIpc) is 3.34. The quantitative estimate of drug-likeness (QED) is 0.454. The molecule has 1 saturated carbocycles. The minimum atomic E-state index is -3.52. The summed E-state index contributed by atoms with van der Waals surface area (Å²) in [5.41, 5.74) is 2.35. The zero-order chi connectivity index (χ0) is 26.3. The summed E-state index contributed by atoms with van der Waals surface area (Å²) >= 11 is 6.36. The number of carbonyl (C=O) groups excluding carboxylic acids is 2. The van der Waals surface area contributed by atoms with Crippen LogP contribution in [0.15, 0.2) is 48.5 Å².